The molecule has 0 spiro atoms. The Morgan fingerprint density at radius 2 is 2.05 bits per heavy atom. The number of amides is 4. The van der Waals surface area contributed by atoms with E-state index in [-0.39, 0.29) is 17.9 Å². The predicted octanol–water partition coefficient (Wildman–Crippen LogP) is 3.25. The van der Waals surface area contributed by atoms with Gasteiger partial charge in [-0.05, 0) is 43.2 Å². The third kappa shape index (κ3) is 4.56. The Morgan fingerprint density at radius 3 is 2.82 bits per heavy atom. The number of thioether (sulfide) groups is 1. The number of ether oxygens (including phenoxy) is 1. The molecule has 0 saturated carbocycles. The van der Waals surface area contributed by atoms with Gasteiger partial charge in [0.25, 0.3) is 0 Å². The smallest absolute Gasteiger partial charge is 0.328 e. The molecule has 5 heterocycles. The molecule has 3 atom stereocenters. The summed E-state index contributed by atoms with van der Waals surface area (Å²) in [6, 6.07) is 11.6. The quantitative estimate of drug-likeness (QED) is 0.454. The second-order valence-electron chi connectivity index (χ2n) is 9.44. The van der Waals surface area contributed by atoms with Gasteiger partial charge < -0.3 is 20.3 Å². The fraction of sp³-hybridized carbons (Fsp3) is 0.259. The zero-order chi connectivity index (χ0) is 27.1. The number of aromatic nitrogens is 3. The molecule has 1 fully saturated rings. The summed E-state index contributed by atoms with van der Waals surface area (Å²) in [5.74, 6) is 0.934. The molecule has 3 aromatic rings. The minimum atomic E-state index is -0.599. The Balaban J connectivity index is 1.23. The highest BCUT2D eigenvalue weighted by Gasteiger charge is 2.47. The van der Waals surface area contributed by atoms with Crippen LogP contribution in [0.25, 0.3) is 0 Å². The normalized spacial score (nSPS) is 21.3. The number of hydrogen-bond acceptors (Lipinski definition) is 8. The van der Waals surface area contributed by atoms with Crippen LogP contribution in [-0.4, -0.2) is 62.3 Å². The first kappa shape index (κ1) is 24.9. The number of anilines is 2. The zero-order valence-electron chi connectivity index (χ0n) is 21.0. The van der Waals surface area contributed by atoms with Crippen LogP contribution in [-0.2, 0) is 9.59 Å². The molecule has 2 unspecified atom stereocenters. The fourth-order valence-corrected chi connectivity index (χ4v) is 6.30. The number of benzene rings is 1. The number of carbonyl (C=O) groups excluding carboxylic acids is 3. The second-order valence-corrected chi connectivity index (χ2v) is 10.6. The number of carbonyl (C=O) groups is 3. The molecule has 12 heteroatoms. The van der Waals surface area contributed by atoms with Crippen LogP contribution < -0.4 is 20.3 Å². The SMILES string of the molecule is C=CC(=O)N1CCC(NC(=O)[C@@H]2Sc3nccc4c3C2NC(=O)N4c2nnc(Oc3ccccc3)cc2C)C1. The van der Waals surface area contributed by atoms with Gasteiger partial charge in [0.15, 0.2) is 5.82 Å². The van der Waals surface area contributed by atoms with Crippen LogP contribution in [0.5, 0.6) is 11.6 Å². The van der Waals surface area contributed by atoms with E-state index in [0.717, 1.165) is 5.56 Å². The number of pyridine rings is 1. The summed E-state index contributed by atoms with van der Waals surface area (Å²) in [4.78, 5) is 46.3. The first-order chi connectivity index (χ1) is 18.9. The number of nitrogens with zero attached hydrogens (tertiary/aromatic N) is 5. The number of likely N-dealkylation sites (tertiary alicyclic amines) is 1. The molecule has 1 saturated heterocycles. The van der Waals surface area contributed by atoms with Gasteiger partial charge in [0.2, 0.25) is 17.7 Å². The van der Waals surface area contributed by atoms with Crippen molar-refractivity contribution in [3.05, 3.63) is 72.4 Å². The van der Waals surface area contributed by atoms with E-state index in [1.54, 1.807) is 23.2 Å². The Labute approximate surface area is 228 Å². The third-order valence-corrected chi connectivity index (χ3v) is 8.19. The van der Waals surface area contributed by atoms with Gasteiger partial charge in [-0.15, -0.1) is 10.2 Å². The highest BCUT2D eigenvalue weighted by atomic mass is 32.2. The molecule has 0 aliphatic carbocycles. The average Bonchev–Trinajstić information content (AvgIpc) is 3.55. The molecule has 3 aliphatic rings. The topological polar surface area (TPSA) is 130 Å². The molecule has 0 bridgehead atoms. The molecule has 11 nitrogen and oxygen atoms in total. The Kier molecular flexibility index (Phi) is 6.39. The molecule has 39 heavy (non-hydrogen) atoms. The van der Waals surface area contributed by atoms with Crippen LogP contribution in [0, 0.1) is 6.92 Å². The number of para-hydroxylation sites is 1. The predicted molar refractivity (Wildman–Crippen MR) is 144 cm³/mol. The van der Waals surface area contributed by atoms with E-state index in [2.05, 4.69) is 32.4 Å². The van der Waals surface area contributed by atoms with E-state index in [1.165, 1.54) is 22.7 Å². The molecule has 2 N–H and O–H groups in total. The molecule has 1 aromatic carbocycles. The fourth-order valence-electron chi connectivity index (χ4n) is 5.06. The summed E-state index contributed by atoms with van der Waals surface area (Å²) in [6.07, 6.45) is 3.56. The first-order valence-corrected chi connectivity index (χ1v) is 13.4. The largest absolute Gasteiger partial charge is 0.438 e. The summed E-state index contributed by atoms with van der Waals surface area (Å²) < 4.78 is 5.79. The molecule has 0 radical (unpaired) electrons. The standard InChI is InChI=1S/C27H25N7O4S/c1-3-20(35)33-12-10-16(14-33)29-25(36)23-22-21-18(9-11-28-26(21)39-23)34(27(37)30-22)24-15(2)13-19(31-32-24)38-17-7-5-4-6-8-17/h3-9,11,13,16,22-23H,1,10,12,14H2,2H3,(H,29,36)(H,30,37)/t16?,22?,23-/m1/s1. The van der Waals surface area contributed by atoms with E-state index in [4.69, 9.17) is 4.74 Å². The maximum absolute atomic E-state index is 13.4. The maximum Gasteiger partial charge on any atom is 0.328 e. The molecule has 2 aromatic heterocycles. The van der Waals surface area contributed by atoms with Crippen molar-refractivity contribution in [2.75, 3.05) is 18.0 Å². The minimum absolute atomic E-state index is 0.152. The van der Waals surface area contributed by atoms with Gasteiger partial charge in [-0.2, -0.15) is 0 Å². The van der Waals surface area contributed by atoms with E-state index in [9.17, 15) is 14.4 Å². The van der Waals surface area contributed by atoms with E-state index >= 15 is 0 Å². The van der Waals surface area contributed by atoms with Crippen LogP contribution >= 0.6 is 11.8 Å². The lowest BCUT2D eigenvalue weighted by atomic mass is 10.00. The van der Waals surface area contributed by atoms with Gasteiger partial charge in [0.1, 0.15) is 16.0 Å². The minimum Gasteiger partial charge on any atom is -0.438 e. The van der Waals surface area contributed by atoms with Gasteiger partial charge in [0.05, 0.1) is 11.7 Å². The van der Waals surface area contributed by atoms with Crippen molar-refractivity contribution in [2.45, 2.75) is 35.7 Å². The number of aryl methyl sites for hydroxylation is 1. The van der Waals surface area contributed by atoms with E-state index < -0.39 is 17.3 Å². The number of nitrogens with one attached hydrogen (secondary N) is 2. The summed E-state index contributed by atoms with van der Waals surface area (Å²) in [6.45, 7) is 6.34. The van der Waals surface area contributed by atoms with Crippen molar-refractivity contribution in [3.8, 4) is 11.6 Å². The van der Waals surface area contributed by atoms with Gasteiger partial charge in [-0.3, -0.25) is 9.59 Å². The zero-order valence-corrected chi connectivity index (χ0v) is 21.9. The molecular weight excluding hydrogens is 518 g/mol. The third-order valence-electron chi connectivity index (χ3n) is 6.90. The first-order valence-electron chi connectivity index (χ1n) is 12.5. The van der Waals surface area contributed by atoms with Crippen LogP contribution in [0.4, 0.5) is 16.3 Å². The molecule has 4 amide bonds. The van der Waals surface area contributed by atoms with Crippen molar-refractivity contribution < 1.29 is 19.1 Å². The van der Waals surface area contributed by atoms with Crippen molar-refractivity contribution in [1.29, 1.82) is 0 Å². The lowest BCUT2D eigenvalue weighted by Crippen LogP contribution is -2.50. The molecular formula is C27H25N7O4S. The highest BCUT2D eigenvalue weighted by Crippen LogP contribution is 2.50. The highest BCUT2D eigenvalue weighted by molar-refractivity contribution is 8.01. The molecule has 6 rings (SSSR count). The summed E-state index contributed by atoms with van der Waals surface area (Å²) >= 11 is 1.32. The van der Waals surface area contributed by atoms with Crippen molar-refractivity contribution in [2.24, 2.45) is 0 Å². The van der Waals surface area contributed by atoms with Crippen molar-refractivity contribution >= 4 is 41.1 Å². The van der Waals surface area contributed by atoms with Gasteiger partial charge >= 0.3 is 6.03 Å². The summed E-state index contributed by atoms with van der Waals surface area (Å²) in [5.41, 5.74) is 2.06. The van der Waals surface area contributed by atoms with Gasteiger partial charge in [-0.1, -0.05) is 36.5 Å². The number of rotatable bonds is 6. The molecule has 3 aliphatic heterocycles. The monoisotopic (exact) mass is 543 g/mol. The molecule has 198 valence electrons. The Morgan fingerprint density at radius 1 is 1.23 bits per heavy atom. The van der Waals surface area contributed by atoms with Crippen LogP contribution in [0.3, 0.4) is 0 Å². The second kappa shape index (κ2) is 10.0. The maximum atomic E-state index is 13.4. The van der Waals surface area contributed by atoms with E-state index in [1.807, 2.05) is 37.3 Å². The summed E-state index contributed by atoms with van der Waals surface area (Å²) in [5, 5.41) is 14.6. The lowest BCUT2D eigenvalue weighted by Gasteiger charge is -2.34. The van der Waals surface area contributed by atoms with E-state index in [0.29, 0.717) is 53.2 Å². The van der Waals surface area contributed by atoms with Crippen LogP contribution in [0.2, 0.25) is 0 Å². The van der Waals surface area contributed by atoms with Gasteiger partial charge in [-0.25, -0.2) is 14.7 Å². The van der Waals surface area contributed by atoms with Gasteiger partial charge in [0, 0.05) is 37.0 Å². The Bertz CT molecular complexity index is 1480. The number of hydrogen-bond donors (Lipinski definition) is 2. The van der Waals surface area contributed by atoms with Crippen molar-refractivity contribution in [1.82, 2.24) is 30.7 Å². The van der Waals surface area contributed by atoms with Crippen LogP contribution in [0.15, 0.2) is 66.3 Å². The summed E-state index contributed by atoms with van der Waals surface area (Å²) in [7, 11) is 0. The van der Waals surface area contributed by atoms with Crippen LogP contribution in [0.1, 0.15) is 23.6 Å². The average molecular weight is 544 g/mol. The Hall–Kier alpha value is -4.45. The number of urea groups is 1. The lowest BCUT2D eigenvalue weighted by molar-refractivity contribution is -0.126. The van der Waals surface area contributed by atoms with Crippen molar-refractivity contribution in [3.63, 3.8) is 0 Å².